The zero-order chi connectivity index (χ0) is 15.1. The fraction of sp³-hybridized carbons (Fsp3) is 0.267. The molecule has 1 aliphatic rings. The van der Waals surface area contributed by atoms with Gasteiger partial charge in [-0.25, -0.2) is 14.5 Å². The molecular formula is C15H13BrClN5. The third-order valence-corrected chi connectivity index (χ3v) is 4.67. The monoisotopic (exact) mass is 377 g/mol. The summed E-state index contributed by atoms with van der Waals surface area (Å²) in [5, 5.41) is 8.37. The zero-order valence-electron chi connectivity index (χ0n) is 11.6. The third kappa shape index (κ3) is 2.57. The van der Waals surface area contributed by atoms with Gasteiger partial charge in [0.15, 0.2) is 5.82 Å². The summed E-state index contributed by atoms with van der Waals surface area (Å²) in [5.41, 5.74) is 2.08. The highest BCUT2D eigenvalue weighted by atomic mass is 79.9. The van der Waals surface area contributed by atoms with E-state index in [1.165, 1.54) is 12.8 Å². The van der Waals surface area contributed by atoms with Crippen LogP contribution in [-0.4, -0.2) is 19.6 Å². The molecule has 4 rings (SSSR count). The van der Waals surface area contributed by atoms with E-state index in [0.717, 1.165) is 21.4 Å². The van der Waals surface area contributed by atoms with Gasteiger partial charge < -0.3 is 5.32 Å². The number of nitrogens with zero attached hydrogens (tertiary/aromatic N) is 4. The van der Waals surface area contributed by atoms with E-state index in [1.54, 1.807) is 18.6 Å². The first kappa shape index (κ1) is 14.0. The Labute approximate surface area is 140 Å². The maximum Gasteiger partial charge on any atom is 0.153 e. The van der Waals surface area contributed by atoms with Crippen LogP contribution in [-0.2, 0) is 0 Å². The van der Waals surface area contributed by atoms with Gasteiger partial charge in [-0.2, -0.15) is 5.10 Å². The summed E-state index contributed by atoms with van der Waals surface area (Å²) in [4.78, 5) is 8.55. The van der Waals surface area contributed by atoms with Crippen molar-refractivity contribution in [2.75, 3.05) is 5.32 Å². The van der Waals surface area contributed by atoms with Crippen molar-refractivity contribution in [2.24, 2.45) is 5.92 Å². The molecule has 3 aromatic rings. The van der Waals surface area contributed by atoms with E-state index in [2.05, 4.69) is 36.3 Å². The predicted octanol–water partition coefficient (Wildman–Crippen LogP) is 4.10. The molecule has 0 bridgehead atoms. The highest BCUT2D eigenvalue weighted by molar-refractivity contribution is 9.10. The topological polar surface area (TPSA) is 55.1 Å². The van der Waals surface area contributed by atoms with Crippen LogP contribution in [0.15, 0.2) is 41.4 Å². The normalized spacial score (nSPS) is 15.9. The summed E-state index contributed by atoms with van der Waals surface area (Å²) >= 11 is 9.58. The Balaban J connectivity index is 1.74. The van der Waals surface area contributed by atoms with Crippen molar-refractivity contribution in [1.29, 1.82) is 0 Å². The average molecular weight is 379 g/mol. The lowest BCUT2D eigenvalue weighted by Gasteiger charge is -2.20. The lowest BCUT2D eigenvalue weighted by atomic mass is 10.0. The van der Waals surface area contributed by atoms with Crippen molar-refractivity contribution in [1.82, 2.24) is 19.6 Å². The van der Waals surface area contributed by atoms with Crippen LogP contribution in [0.5, 0.6) is 0 Å². The molecule has 3 aromatic heterocycles. The fourth-order valence-corrected chi connectivity index (χ4v) is 3.32. The molecule has 3 heterocycles. The lowest BCUT2D eigenvalue weighted by Crippen LogP contribution is -2.15. The van der Waals surface area contributed by atoms with Crippen LogP contribution in [0.25, 0.3) is 5.52 Å². The minimum absolute atomic E-state index is 0.181. The summed E-state index contributed by atoms with van der Waals surface area (Å²) in [6.45, 7) is 0. The van der Waals surface area contributed by atoms with Crippen LogP contribution < -0.4 is 5.32 Å². The largest absolute Gasteiger partial charge is 0.361 e. The van der Waals surface area contributed by atoms with E-state index in [4.69, 9.17) is 11.6 Å². The first-order valence-corrected chi connectivity index (χ1v) is 8.25. The Hall–Kier alpha value is -1.66. The molecule has 1 N–H and O–H groups in total. The van der Waals surface area contributed by atoms with Crippen LogP contribution >= 0.6 is 27.5 Å². The number of halogens is 2. The van der Waals surface area contributed by atoms with Crippen LogP contribution in [0.1, 0.15) is 24.4 Å². The number of fused-ring (bicyclic) bond motifs is 1. The summed E-state index contributed by atoms with van der Waals surface area (Å²) in [5.74, 6) is 1.42. The molecule has 0 spiro atoms. The highest BCUT2D eigenvalue weighted by Crippen LogP contribution is 2.43. The number of hydrogen-bond acceptors (Lipinski definition) is 4. The van der Waals surface area contributed by atoms with Gasteiger partial charge >= 0.3 is 0 Å². The van der Waals surface area contributed by atoms with Gasteiger partial charge in [0.25, 0.3) is 0 Å². The van der Waals surface area contributed by atoms with Crippen molar-refractivity contribution in [3.05, 3.63) is 52.1 Å². The van der Waals surface area contributed by atoms with Crippen LogP contribution in [0.2, 0.25) is 5.15 Å². The molecule has 1 saturated carbocycles. The molecular weight excluding hydrogens is 366 g/mol. The molecule has 0 aliphatic heterocycles. The Morgan fingerprint density at radius 3 is 2.95 bits per heavy atom. The quantitative estimate of drug-likeness (QED) is 0.694. The van der Waals surface area contributed by atoms with E-state index in [1.807, 2.05) is 22.8 Å². The molecule has 0 aromatic carbocycles. The van der Waals surface area contributed by atoms with Crippen molar-refractivity contribution < 1.29 is 0 Å². The summed E-state index contributed by atoms with van der Waals surface area (Å²) in [7, 11) is 0. The Kier molecular flexibility index (Phi) is 3.50. The highest BCUT2D eigenvalue weighted by Gasteiger charge is 2.33. The lowest BCUT2D eigenvalue weighted by molar-refractivity contribution is 0.674. The van der Waals surface area contributed by atoms with E-state index in [-0.39, 0.29) is 6.04 Å². The van der Waals surface area contributed by atoms with Gasteiger partial charge in [-0.15, -0.1) is 0 Å². The third-order valence-electron chi connectivity index (χ3n) is 3.88. The maximum absolute atomic E-state index is 6.04. The Bertz CT molecular complexity index is 830. The van der Waals surface area contributed by atoms with Gasteiger partial charge in [-0.05, 0) is 52.4 Å². The van der Waals surface area contributed by atoms with Gasteiger partial charge in [0, 0.05) is 18.6 Å². The standard InChI is InChI=1S/C15H13BrClN5/c16-11-8-20-22-6-5-19-15(14(11)22)21-13(9-1-2-9)10-3-4-18-12(17)7-10/h3-9,13H,1-2H2,(H,19,21). The van der Waals surface area contributed by atoms with Crippen molar-refractivity contribution in [3.63, 3.8) is 0 Å². The first-order valence-electron chi connectivity index (χ1n) is 7.08. The summed E-state index contributed by atoms with van der Waals surface area (Å²) in [6.07, 6.45) is 9.52. The summed E-state index contributed by atoms with van der Waals surface area (Å²) in [6, 6.07) is 4.11. The fourth-order valence-electron chi connectivity index (χ4n) is 2.67. The molecule has 0 saturated heterocycles. The second-order valence-electron chi connectivity index (χ2n) is 5.43. The van der Waals surface area contributed by atoms with Gasteiger partial charge in [-0.3, -0.25) is 0 Å². The SMILES string of the molecule is Clc1cc(C(Nc2nccn3ncc(Br)c23)C2CC2)ccn1. The van der Waals surface area contributed by atoms with Gasteiger partial charge in [0.2, 0.25) is 0 Å². The molecule has 5 nitrogen and oxygen atoms in total. The summed E-state index contributed by atoms with van der Waals surface area (Å²) < 4.78 is 2.73. The van der Waals surface area contributed by atoms with E-state index >= 15 is 0 Å². The van der Waals surface area contributed by atoms with Crippen molar-refractivity contribution >= 4 is 38.9 Å². The molecule has 1 atom stereocenters. The van der Waals surface area contributed by atoms with Gasteiger partial charge in [0.1, 0.15) is 10.7 Å². The van der Waals surface area contributed by atoms with E-state index < -0.39 is 0 Å². The van der Waals surface area contributed by atoms with Crippen LogP contribution in [0.3, 0.4) is 0 Å². The molecule has 112 valence electrons. The van der Waals surface area contributed by atoms with Gasteiger partial charge in [-0.1, -0.05) is 11.6 Å². The molecule has 0 amide bonds. The van der Waals surface area contributed by atoms with Crippen LogP contribution in [0, 0.1) is 5.92 Å². The predicted molar refractivity (Wildman–Crippen MR) is 89.0 cm³/mol. The molecule has 1 fully saturated rings. The maximum atomic E-state index is 6.04. The first-order chi connectivity index (χ1) is 10.7. The Morgan fingerprint density at radius 1 is 1.32 bits per heavy atom. The number of anilines is 1. The number of aromatic nitrogens is 4. The number of nitrogens with one attached hydrogen (secondary N) is 1. The molecule has 7 heteroatoms. The number of rotatable bonds is 4. The van der Waals surface area contributed by atoms with E-state index in [9.17, 15) is 0 Å². The minimum atomic E-state index is 0.181. The van der Waals surface area contributed by atoms with Crippen LogP contribution in [0.4, 0.5) is 5.82 Å². The second-order valence-corrected chi connectivity index (χ2v) is 6.67. The number of hydrogen-bond donors (Lipinski definition) is 1. The second kappa shape index (κ2) is 5.52. The van der Waals surface area contributed by atoms with E-state index in [0.29, 0.717) is 11.1 Å². The molecule has 22 heavy (non-hydrogen) atoms. The molecule has 1 unspecified atom stereocenters. The zero-order valence-corrected chi connectivity index (χ0v) is 13.9. The van der Waals surface area contributed by atoms with Crippen molar-refractivity contribution in [3.8, 4) is 0 Å². The number of pyridine rings is 1. The minimum Gasteiger partial charge on any atom is -0.361 e. The average Bonchev–Trinajstić information content (AvgIpc) is 3.28. The van der Waals surface area contributed by atoms with Crippen molar-refractivity contribution in [2.45, 2.75) is 18.9 Å². The molecule has 1 aliphatic carbocycles. The smallest absolute Gasteiger partial charge is 0.153 e. The molecule has 0 radical (unpaired) electrons. The Morgan fingerprint density at radius 2 is 2.18 bits per heavy atom. The van der Waals surface area contributed by atoms with Gasteiger partial charge in [0.05, 0.1) is 16.7 Å².